The summed E-state index contributed by atoms with van der Waals surface area (Å²) in [6.07, 6.45) is 5.10. The van der Waals surface area contributed by atoms with Crippen molar-refractivity contribution in [1.29, 1.82) is 0 Å². The van der Waals surface area contributed by atoms with E-state index in [0.717, 1.165) is 19.0 Å². The molecule has 98 valence electrons. The van der Waals surface area contributed by atoms with Crippen LogP contribution in [0.25, 0.3) is 0 Å². The van der Waals surface area contributed by atoms with E-state index in [2.05, 4.69) is 19.2 Å². The standard InChI is InChI=1S/C14H25NO2/c1-10-4-3-5-12(6-10)9-17-14(16)13-8-15-7-11(13)2/h10-13,15H,3-9H2,1-2H3/t10?,11-,12?,13-/m1/s1. The first-order valence-electron chi connectivity index (χ1n) is 7.04. The van der Waals surface area contributed by atoms with Crippen molar-refractivity contribution in [3.63, 3.8) is 0 Å². The number of rotatable bonds is 3. The molecule has 0 aromatic rings. The van der Waals surface area contributed by atoms with Gasteiger partial charge in [-0.2, -0.15) is 0 Å². The molecule has 1 saturated carbocycles. The lowest BCUT2D eigenvalue weighted by Crippen LogP contribution is -2.27. The fraction of sp³-hybridized carbons (Fsp3) is 0.929. The van der Waals surface area contributed by atoms with Crippen molar-refractivity contribution < 1.29 is 9.53 Å². The van der Waals surface area contributed by atoms with Crippen LogP contribution in [0, 0.1) is 23.7 Å². The highest BCUT2D eigenvalue weighted by Gasteiger charge is 2.31. The van der Waals surface area contributed by atoms with Crippen LogP contribution in [0.3, 0.4) is 0 Å². The van der Waals surface area contributed by atoms with Crippen molar-refractivity contribution >= 4 is 5.97 Å². The van der Waals surface area contributed by atoms with E-state index in [1.165, 1.54) is 25.7 Å². The Labute approximate surface area is 104 Å². The monoisotopic (exact) mass is 239 g/mol. The minimum atomic E-state index is 0.0146. The lowest BCUT2D eigenvalue weighted by atomic mass is 9.83. The van der Waals surface area contributed by atoms with Gasteiger partial charge in [0.25, 0.3) is 0 Å². The highest BCUT2D eigenvalue weighted by molar-refractivity contribution is 5.73. The zero-order chi connectivity index (χ0) is 12.3. The van der Waals surface area contributed by atoms with Crippen molar-refractivity contribution in [2.24, 2.45) is 23.7 Å². The third-order valence-corrected chi connectivity index (χ3v) is 4.33. The minimum Gasteiger partial charge on any atom is -0.465 e. The Morgan fingerprint density at radius 3 is 2.76 bits per heavy atom. The molecule has 2 unspecified atom stereocenters. The van der Waals surface area contributed by atoms with Gasteiger partial charge in [-0.1, -0.05) is 26.7 Å². The van der Waals surface area contributed by atoms with Gasteiger partial charge in [-0.25, -0.2) is 0 Å². The van der Waals surface area contributed by atoms with Crippen molar-refractivity contribution in [2.45, 2.75) is 39.5 Å². The smallest absolute Gasteiger partial charge is 0.310 e. The van der Waals surface area contributed by atoms with E-state index in [1.54, 1.807) is 0 Å². The summed E-state index contributed by atoms with van der Waals surface area (Å²) in [6.45, 7) is 6.80. The SMILES string of the molecule is CC1CCCC(COC(=O)[C@@H]2CNC[C@H]2C)C1. The lowest BCUT2D eigenvalue weighted by molar-refractivity contribution is -0.150. The molecule has 1 aliphatic carbocycles. The topological polar surface area (TPSA) is 38.3 Å². The van der Waals surface area contributed by atoms with Crippen LogP contribution in [0.5, 0.6) is 0 Å². The zero-order valence-corrected chi connectivity index (χ0v) is 11.1. The predicted molar refractivity (Wildman–Crippen MR) is 67.6 cm³/mol. The second kappa shape index (κ2) is 5.85. The van der Waals surface area contributed by atoms with Crippen LogP contribution in [-0.2, 0) is 9.53 Å². The summed E-state index contributed by atoms with van der Waals surface area (Å²) in [5.41, 5.74) is 0. The molecule has 0 spiro atoms. The zero-order valence-electron chi connectivity index (χ0n) is 11.1. The van der Waals surface area contributed by atoms with Crippen LogP contribution in [0.4, 0.5) is 0 Å². The Hall–Kier alpha value is -0.570. The van der Waals surface area contributed by atoms with Crippen molar-refractivity contribution in [3.05, 3.63) is 0 Å². The Balaban J connectivity index is 1.72. The van der Waals surface area contributed by atoms with Crippen LogP contribution in [0.1, 0.15) is 39.5 Å². The summed E-state index contributed by atoms with van der Waals surface area (Å²) in [4.78, 5) is 11.9. The maximum absolute atomic E-state index is 11.9. The molecule has 1 saturated heterocycles. The van der Waals surface area contributed by atoms with Gasteiger partial charge in [0.05, 0.1) is 12.5 Å². The molecule has 0 aromatic carbocycles. The molecule has 4 atom stereocenters. The second-order valence-corrected chi connectivity index (χ2v) is 6.01. The molecular formula is C14H25NO2. The third kappa shape index (κ3) is 3.44. The predicted octanol–water partition coefficient (Wildman–Crippen LogP) is 2.21. The van der Waals surface area contributed by atoms with Gasteiger partial charge in [0, 0.05) is 6.54 Å². The van der Waals surface area contributed by atoms with Gasteiger partial charge in [0.1, 0.15) is 0 Å². The minimum absolute atomic E-state index is 0.0146. The molecule has 0 amide bonds. The molecule has 1 heterocycles. The number of ether oxygens (including phenoxy) is 1. The number of carbonyl (C=O) groups is 1. The molecule has 17 heavy (non-hydrogen) atoms. The van der Waals surface area contributed by atoms with Crippen LogP contribution in [-0.4, -0.2) is 25.7 Å². The summed E-state index contributed by atoms with van der Waals surface area (Å²) < 4.78 is 5.51. The molecule has 2 aliphatic rings. The Morgan fingerprint density at radius 1 is 1.29 bits per heavy atom. The highest BCUT2D eigenvalue weighted by atomic mass is 16.5. The van der Waals surface area contributed by atoms with E-state index in [4.69, 9.17) is 4.74 Å². The fourth-order valence-electron chi connectivity index (χ4n) is 3.14. The first-order chi connectivity index (χ1) is 8.16. The average Bonchev–Trinajstić information content (AvgIpc) is 2.72. The van der Waals surface area contributed by atoms with E-state index < -0.39 is 0 Å². The van der Waals surface area contributed by atoms with Crippen molar-refractivity contribution in [3.8, 4) is 0 Å². The number of hydrogen-bond donors (Lipinski definition) is 1. The summed E-state index contributed by atoms with van der Waals surface area (Å²) in [5.74, 6) is 1.93. The molecule has 2 rings (SSSR count). The molecule has 2 fully saturated rings. The Morgan fingerprint density at radius 2 is 2.12 bits per heavy atom. The van der Waals surface area contributed by atoms with Gasteiger partial charge >= 0.3 is 5.97 Å². The molecule has 3 heteroatoms. The van der Waals surface area contributed by atoms with Gasteiger partial charge in [-0.05, 0) is 37.1 Å². The summed E-state index contributed by atoms with van der Waals surface area (Å²) in [7, 11) is 0. The van der Waals surface area contributed by atoms with E-state index in [1.807, 2.05) is 0 Å². The van der Waals surface area contributed by atoms with Gasteiger partial charge in [-0.3, -0.25) is 4.79 Å². The molecule has 0 bridgehead atoms. The van der Waals surface area contributed by atoms with Crippen LogP contribution in [0.2, 0.25) is 0 Å². The molecular weight excluding hydrogens is 214 g/mol. The van der Waals surface area contributed by atoms with Gasteiger partial charge in [0.15, 0.2) is 0 Å². The molecule has 1 N–H and O–H groups in total. The van der Waals surface area contributed by atoms with Gasteiger partial charge in [-0.15, -0.1) is 0 Å². The molecule has 3 nitrogen and oxygen atoms in total. The van der Waals surface area contributed by atoms with Crippen molar-refractivity contribution in [2.75, 3.05) is 19.7 Å². The Kier molecular flexibility index (Phi) is 4.43. The summed E-state index contributed by atoms with van der Waals surface area (Å²) >= 11 is 0. The summed E-state index contributed by atoms with van der Waals surface area (Å²) in [6, 6.07) is 0. The fourth-order valence-corrected chi connectivity index (χ4v) is 3.14. The number of hydrogen-bond acceptors (Lipinski definition) is 3. The maximum atomic E-state index is 11.9. The van der Waals surface area contributed by atoms with E-state index >= 15 is 0 Å². The van der Waals surface area contributed by atoms with Gasteiger partial charge in [0.2, 0.25) is 0 Å². The molecule has 0 radical (unpaired) electrons. The molecule has 1 aliphatic heterocycles. The lowest BCUT2D eigenvalue weighted by Gasteiger charge is -2.26. The average molecular weight is 239 g/mol. The maximum Gasteiger partial charge on any atom is 0.310 e. The highest BCUT2D eigenvalue weighted by Crippen LogP contribution is 2.29. The second-order valence-electron chi connectivity index (χ2n) is 6.01. The van der Waals surface area contributed by atoms with Crippen molar-refractivity contribution in [1.82, 2.24) is 5.32 Å². The van der Waals surface area contributed by atoms with E-state index in [9.17, 15) is 4.79 Å². The van der Waals surface area contributed by atoms with Crippen LogP contribution >= 0.6 is 0 Å². The largest absolute Gasteiger partial charge is 0.465 e. The van der Waals surface area contributed by atoms with E-state index in [-0.39, 0.29) is 11.9 Å². The number of carbonyl (C=O) groups excluding carboxylic acids is 1. The van der Waals surface area contributed by atoms with E-state index in [0.29, 0.717) is 18.4 Å². The third-order valence-electron chi connectivity index (χ3n) is 4.33. The normalized spacial score (nSPS) is 38.0. The Bertz CT molecular complexity index is 267. The van der Waals surface area contributed by atoms with Crippen LogP contribution in [0.15, 0.2) is 0 Å². The molecule has 0 aromatic heterocycles. The first-order valence-corrected chi connectivity index (χ1v) is 7.04. The van der Waals surface area contributed by atoms with Crippen LogP contribution < -0.4 is 5.32 Å². The van der Waals surface area contributed by atoms with Gasteiger partial charge < -0.3 is 10.1 Å². The first kappa shape index (κ1) is 12.9. The summed E-state index contributed by atoms with van der Waals surface area (Å²) in [5, 5.41) is 3.25. The number of esters is 1. The number of nitrogens with one attached hydrogen (secondary N) is 1. The quantitative estimate of drug-likeness (QED) is 0.767.